The Bertz CT molecular complexity index is 2510. The SMILES string of the molecule is C.Cl.NC1CCOc2c(C(=O)Nc3ccc(F)c(F)c3)cccc21.O=C(NC1CCOc2c(C(=O)Nc3ccc(F)c(F)c3)cccc21)OCc1ccccn1.OCc1ccccn1. The summed E-state index contributed by atoms with van der Waals surface area (Å²) in [4.78, 5) is 45.3. The zero-order chi connectivity index (χ0) is 44.0. The van der Waals surface area contributed by atoms with Crippen molar-refractivity contribution in [2.45, 2.75) is 45.6 Å². The van der Waals surface area contributed by atoms with Gasteiger partial charge in [-0.3, -0.25) is 19.6 Å². The maximum absolute atomic E-state index is 13.4. The van der Waals surface area contributed by atoms with Crippen molar-refractivity contribution in [1.29, 1.82) is 0 Å². The number of rotatable bonds is 8. The van der Waals surface area contributed by atoms with Crippen molar-refractivity contribution in [1.82, 2.24) is 15.3 Å². The molecule has 0 fully saturated rings. The first-order chi connectivity index (χ1) is 30.0. The summed E-state index contributed by atoms with van der Waals surface area (Å²) in [5.41, 5.74) is 9.52. The van der Waals surface area contributed by atoms with Gasteiger partial charge in [0.15, 0.2) is 23.3 Å². The number of alkyl carbamates (subject to hydrolysis) is 1. The van der Waals surface area contributed by atoms with Crippen molar-refractivity contribution in [3.8, 4) is 11.5 Å². The average Bonchev–Trinajstić information content (AvgIpc) is 3.29. The number of pyridine rings is 2. The summed E-state index contributed by atoms with van der Waals surface area (Å²) in [5.74, 6) is -4.32. The van der Waals surface area contributed by atoms with E-state index in [2.05, 4.69) is 25.9 Å². The number of anilines is 2. The summed E-state index contributed by atoms with van der Waals surface area (Å²) in [6.07, 6.45) is 3.82. The second kappa shape index (κ2) is 23.9. The van der Waals surface area contributed by atoms with E-state index in [9.17, 15) is 31.9 Å². The molecule has 8 rings (SSSR count). The highest BCUT2D eigenvalue weighted by Crippen LogP contribution is 2.36. The van der Waals surface area contributed by atoms with Crippen molar-refractivity contribution in [3.63, 3.8) is 0 Å². The summed E-state index contributed by atoms with van der Waals surface area (Å²) >= 11 is 0. The predicted octanol–water partition coefficient (Wildman–Crippen LogP) is 8.99. The Morgan fingerprint density at radius 3 is 1.69 bits per heavy atom. The smallest absolute Gasteiger partial charge is 0.408 e. The van der Waals surface area contributed by atoms with Gasteiger partial charge in [-0.15, -0.1) is 12.4 Å². The molecule has 6 N–H and O–H groups in total. The summed E-state index contributed by atoms with van der Waals surface area (Å²) in [6.45, 7) is 0.761. The number of halogens is 5. The fraction of sp³-hybridized carbons (Fsp3) is 0.196. The molecule has 64 heavy (non-hydrogen) atoms. The number of hydrogen-bond donors (Lipinski definition) is 5. The molecule has 0 saturated carbocycles. The van der Waals surface area contributed by atoms with Crippen LogP contribution in [0.2, 0.25) is 0 Å². The molecule has 2 aromatic heterocycles. The number of ether oxygens (including phenoxy) is 3. The van der Waals surface area contributed by atoms with E-state index in [0.717, 1.165) is 29.8 Å². The number of aliphatic hydroxyl groups is 1. The Hall–Kier alpha value is -7.08. The Labute approximate surface area is 372 Å². The van der Waals surface area contributed by atoms with Crippen molar-refractivity contribution in [2.75, 3.05) is 23.8 Å². The quantitative estimate of drug-likeness (QED) is 0.0923. The zero-order valence-electron chi connectivity index (χ0n) is 33.2. The number of aromatic nitrogens is 2. The van der Waals surface area contributed by atoms with Crippen LogP contribution in [0.25, 0.3) is 0 Å². The summed E-state index contributed by atoms with van der Waals surface area (Å²) < 4.78 is 69.1. The van der Waals surface area contributed by atoms with E-state index in [4.69, 9.17) is 25.1 Å². The molecule has 0 spiro atoms. The fourth-order valence-electron chi connectivity index (χ4n) is 6.23. The molecule has 2 atom stereocenters. The van der Waals surface area contributed by atoms with E-state index in [1.807, 2.05) is 18.2 Å². The monoisotopic (exact) mass is 904 g/mol. The van der Waals surface area contributed by atoms with Crippen LogP contribution in [0.1, 0.15) is 75.6 Å². The van der Waals surface area contributed by atoms with Crippen LogP contribution in [0.3, 0.4) is 0 Å². The molecule has 0 bridgehead atoms. The van der Waals surface area contributed by atoms with Gasteiger partial charge >= 0.3 is 6.09 Å². The number of fused-ring (bicyclic) bond motifs is 2. The minimum absolute atomic E-state index is 0. The molecule has 4 aromatic carbocycles. The number of carbonyl (C=O) groups is 3. The molecule has 6 aromatic rings. The summed E-state index contributed by atoms with van der Waals surface area (Å²) in [6, 6.07) is 26.5. The third-order valence-corrected chi connectivity index (χ3v) is 9.30. The molecule has 0 radical (unpaired) electrons. The van der Waals surface area contributed by atoms with Crippen LogP contribution < -0.4 is 31.2 Å². The minimum Gasteiger partial charge on any atom is -0.492 e. The Balaban J connectivity index is 0.000000242. The normalized spacial score (nSPS) is 14.2. The van der Waals surface area contributed by atoms with Gasteiger partial charge < -0.3 is 41.0 Å². The molecule has 2 aliphatic heterocycles. The van der Waals surface area contributed by atoms with E-state index in [0.29, 0.717) is 53.5 Å². The van der Waals surface area contributed by atoms with Gasteiger partial charge in [-0.05, 0) is 60.7 Å². The summed E-state index contributed by atoms with van der Waals surface area (Å²) in [7, 11) is 0. The lowest BCUT2D eigenvalue weighted by molar-refractivity contribution is 0.101. The number of nitrogens with zero attached hydrogens (tertiary/aromatic N) is 2. The second-order valence-electron chi connectivity index (χ2n) is 13.6. The lowest BCUT2D eigenvalue weighted by Gasteiger charge is -2.27. The number of nitrogens with two attached hydrogens (primary N) is 1. The maximum Gasteiger partial charge on any atom is 0.408 e. The van der Waals surface area contributed by atoms with E-state index in [-0.39, 0.29) is 62.6 Å². The first-order valence-electron chi connectivity index (χ1n) is 19.1. The first kappa shape index (κ1) is 49.6. The molecule has 0 saturated heterocycles. The molecule has 4 heterocycles. The average molecular weight is 905 g/mol. The second-order valence-corrected chi connectivity index (χ2v) is 13.6. The van der Waals surface area contributed by atoms with Gasteiger partial charge in [0.2, 0.25) is 0 Å². The van der Waals surface area contributed by atoms with Crippen LogP contribution in [0.5, 0.6) is 11.5 Å². The molecule has 2 unspecified atom stereocenters. The molecule has 2 aliphatic rings. The van der Waals surface area contributed by atoms with E-state index < -0.39 is 47.2 Å². The largest absolute Gasteiger partial charge is 0.492 e. The third kappa shape index (κ3) is 13.2. The Kier molecular flexibility index (Phi) is 18.6. The van der Waals surface area contributed by atoms with Crippen LogP contribution in [-0.2, 0) is 18.0 Å². The van der Waals surface area contributed by atoms with E-state index >= 15 is 0 Å². The molecule has 3 amide bonds. The Morgan fingerprint density at radius 2 is 1.19 bits per heavy atom. The number of aliphatic hydroxyl groups excluding tert-OH is 1. The Morgan fingerprint density at radius 1 is 0.672 bits per heavy atom. The molecule has 18 heteroatoms. The van der Waals surface area contributed by atoms with Gasteiger partial charge in [0.25, 0.3) is 11.8 Å². The van der Waals surface area contributed by atoms with Gasteiger partial charge in [0.1, 0.15) is 18.1 Å². The van der Waals surface area contributed by atoms with Gasteiger partial charge in [-0.1, -0.05) is 43.8 Å². The highest BCUT2D eigenvalue weighted by atomic mass is 35.5. The van der Waals surface area contributed by atoms with Gasteiger partial charge in [-0.2, -0.15) is 0 Å². The van der Waals surface area contributed by atoms with Crippen molar-refractivity contribution in [2.24, 2.45) is 5.73 Å². The molecular weight excluding hydrogens is 860 g/mol. The first-order valence-corrected chi connectivity index (χ1v) is 19.1. The molecule has 336 valence electrons. The lowest BCUT2D eigenvalue weighted by Crippen LogP contribution is -2.33. The van der Waals surface area contributed by atoms with Crippen molar-refractivity contribution in [3.05, 3.63) is 178 Å². The standard InChI is InChI=1S/C23H19F2N3O4.C16H14F2N2O2.C6H7NO.CH4.ClH/c24-18-8-7-14(12-19(18)25)27-22(29)17-6-3-5-16-20(9-11-31-21(16)17)28-23(30)32-13-15-4-1-2-10-26-15;17-12-5-4-9(8-13(12)18)20-16(21)11-3-1-2-10-14(19)6-7-22-15(10)11;8-5-6-3-1-2-4-7-6;;/h1-8,10,12,20H,9,11,13H2,(H,27,29)(H,28,30);1-5,8,14H,6-7,19H2,(H,20,21);1-4,8H,5H2;1H4;1H. The number of nitrogens with one attached hydrogen (secondary N) is 3. The highest BCUT2D eigenvalue weighted by molar-refractivity contribution is 6.07. The summed E-state index contributed by atoms with van der Waals surface area (Å²) in [5, 5.41) is 16.3. The van der Waals surface area contributed by atoms with Crippen LogP contribution in [-0.4, -0.2) is 46.2 Å². The molecular formula is C46H45ClF4N6O7. The minimum atomic E-state index is -1.07. The number of benzene rings is 4. The van der Waals surface area contributed by atoms with Gasteiger partial charge in [0, 0.05) is 65.9 Å². The lowest BCUT2D eigenvalue weighted by atomic mass is 9.97. The van der Waals surface area contributed by atoms with Crippen LogP contribution >= 0.6 is 12.4 Å². The molecule has 13 nitrogen and oxygen atoms in total. The van der Waals surface area contributed by atoms with Crippen LogP contribution in [0, 0.1) is 23.3 Å². The van der Waals surface area contributed by atoms with E-state index in [1.54, 1.807) is 67.0 Å². The highest BCUT2D eigenvalue weighted by Gasteiger charge is 2.28. The van der Waals surface area contributed by atoms with Crippen molar-refractivity contribution < 1.29 is 51.3 Å². The third-order valence-electron chi connectivity index (χ3n) is 9.30. The fourth-order valence-corrected chi connectivity index (χ4v) is 6.23. The number of amides is 3. The number of para-hydroxylation sites is 2. The van der Waals surface area contributed by atoms with Gasteiger partial charge in [-0.25, -0.2) is 22.4 Å². The zero-order valence-corrected chi connectivity index (χ0v) is 34.0. The molecule has 0 aliphatic carbocycles. The van der Waals surface area contributed by atoms with Crippen LogP contribution in [0.15, 0.2) is 122 Å². The predicted molar refractivity (Wildman–Crippen MR) is 233 cm³/mol. The van der Waals surface area contributed by atoms with E-state index in [1.165, 1.54) is 12.1 Å². The maximum atomic E-state index is 13.4. The van der Waals surface area contributed by atoms with Gasteiger partial charge in [0.05, 0.1) is 48.4 Å². The van der Waals surface area contributed by atoms with Crippen LogP contribution in [0.4, 0.5) is 33.7 Å². The van der Waals surface area contributed by atoms with Crippen molar-refractivity contribution >= 4 is 41.7 Å². The number of hydrogen-bond acceptors (Lipinski definition) is 10. The topological polar surface area (TPSA) is 187 Å². The number of carbonyl (C=O) groups excluding carboxylic acids is 3.